The van der Waals surface area contributed by atoms with E-state index < -0.39 is 4.92 Å². The molecule has 0 spiro atoms. The molecule has 0 unspecified atom stereocenters. The summed E-state index contributed by atoms with van der Waals surface area (Å²) in [4.78, 5) is 30.1. The van der Waals surface area contributed by atoms with Crippen molar-refractivity contribution < 1.29 is 9.72 Å². The molecule has 0 aliphatic rings. The minimum absolute atomic E-state index is 0.0214. The molecule has 8 heteroatoms. The lowest BCUT2D eigenvalue weighted by Crippen LogP contribution is -2.14. The zero-order valence-electron chi connectivity index (χ0n) is 11.1. The first-order valence-electron chi connectivity index (χ1n) is 6.01. The van der Waals surface area contributed by atoms with Crippen molar-refractivity contribution in [2.45, 2.75) is 12.1 Å². The van der Waals surface area contributed by atoms with Gasteiger partial charge in [0.05, 0.1) is 10.7 Å². The van der Waals surface area contributed by atoms with Crippen molar-refractivity contribution in [3.05, 3.63) is 52.3 Å². The first-order chi connectivity index (χ1) is 10.1. The van der Waals surface area contributed by atoms with Crippen LogP contribution in [0.4, 0.5) is 11.4 Å². The van der Waals surface area contributed by atoms with E-state index in [9.17, 15) is 14.9 Å². The van der Waals surface area contributed by atoms with Gasteiger partial charge in [0, 0.05) is 29.7 Å². The number of amides is 1. The molecule has 1 aromatic carbocycles. The highest BCUT2D eigenvalue weighted by Gasteiger charge is 2.12. The number of aromatic nitrogens is 2. The van der Waals surface area contributed by atoms with Crippen molar-refractivity contribution in [1.29, 1.82) is 0 Å². The van der Waals surface area contributed by atoms with E-state index in [0.717, 1.165) is 0 Å². The molecule has 0 radical (unpaired) electrons. The quantitative estimate of drug-likeness (QED) is 0.394. The number of anilines is 1. The van der Waals surface area contributed by atoms with Crippen LogP contribution in [-0.2, 0) is 4.79 Å². The zero-order valence-corrected chi connectivity index (χ0v) is 12.0. The summed E-state index contributed by atoms with van der Waals surface area (Å²) in [6.07, 6.45) is 3.19. The normalized spacial score (nSPS) is 10.1. The van der Waals surface area contributed by atoms with Gasteiger partial charge in [-0.2, -0.15) is 0 Å². The van der Waals surface area contributed by atoms with Crippen LogP contribution in [0, 0.1) is 17.0 Å². The summed E-state index contributed by atoms with van der Waals surface area (Å²) in [5, 5.41) is 14.0. The molecule has 1 aromatic heterocycles. The summed E-state index contributed by atoms with van der Waals surface area (Å²) in [6.45, 7) is 1.65. The first-order valence-corrected chi connectivity index (χ1v) is 6.99. The highest BCUT2D eigenvalue weighted by molar-refractivity contribution is 7.99. The molecule has 0 aliphatic heterocycles. The van der Waals surface area contributed by atoms with Crippen LogP contribution in [0.25, 0.3) is 0 Å². The smallest absolute Gasteiger partial charge is 0.274 e. The highest BCUT2D eigenvalue weighted by atomic mass is 32.2. The van der Waals surface area contributed by atoms with Gasteiger partial charge in [-0.3, -0.25) is 14.9 Å². The Morgan fingerprint density at radius 1 is 1.38 bits per heavy atom. The number of carbonyl (C=O) groups excluding carboxylic acids is 1. The molecule has 1 amide bonds. The van der Waals surface area contributed by atoms with Gasteiger partial charge in [-0.1, -0.05) is 17.8 Å². The number of benzene rings is 1. The third kappa shape index (κ3) is 4.25. The van der Waals surface area contributed by atoms with Gasteiger partial charge < -0.3 is 5.32 Å². The van der Waals surface area contributed by atoms with Gasteiger partial charge in [-0.05, 0) is 19.1 Å². The number of hydrogen-bond acceptors (Lipinski definition) is 6. The maximum absolute atomic E-state index is 11.8. The average Bonchev–Trinajstić information content (AvgIpc) is 2.48. The van der Waals surface area contributed by atoms with Crippen molar-refractivity contribution in [2.75, 3.05) is 11.1 Å². The lowest BCUT2D eigenvalue weighted by molar-refractivity contribution is -0.385. The monoisotopic (exact) mass is 304 g/mol. The largest absolute Gasteiger partial charge is 0.325 e. The fourth-order valence-electron chi connectivity index (χ4n) is 1.57. The second kappa shape index (κ2) is 6.80. The maximum atomic E-state index is 11.8. The maximum Gasteiger partial charge on any atom is 0.274 e. The molecule has 0 aliphatic carbocycles. The zero-order chi connectivity index (χ0) is 15.2. The number of rotatable bonds is 5. The lowest BCUT2D eigenvalue weighted by atomic mass is 10.2. The highest BCUT2D eigenvalue weighted by Crippen LogP contribution is 2.22. The molecule has 2 aromatic rings. The van der Waals surface area contributed by atoms with E-state index in [1.807, 2.05) is 0 Å². The van der Waals surface area contributed by atoms with Gasteiger partial charge in [0.15, 0.2) is 5.16 Å². The van der Waals surface area contributed by atoms with Gasteiger partial charge in [-0.15, -0.1) is 0 Å². The predicted molar refractivity (Wildman–Crippen MR) is 79.2 cm³/mol. The Hall–Kier alpha value is -2.48. The number of nitro groups is 1. The van der Waals surface area contributed by atoms with E-state index in [4.69, 9.17) is 0 Å². The fraction of sp³-hybridized carbons (Fsp3) is 0.154. The molecule has 2 rings (SSSR count). The van der Waals surface area contributed by atoms with Gasteiger partial charge in [0.25, 0.3) is 5.69 Å². The Morgan fingerprint density at radius 3 is 2.76 bits per heavy atom. The van der Waals surface area contributed by atoms with Gasteiger partial charge in [0.2, 0.25) is 5.91 Å². The van der Waals surface area contributed by atoms with E-state index in [-0.39, 0.29) is 17.3 Å². The Morgan fingerprint density at radius 2 is 2.10 bits per heavy atom. The minimum atomic E-state index is -0.475. The van der Waals surface area contributed by atoms with Crippen LogP contribution in [0.5, 0.6) is 0 Å². The Balaban J connectivity index is 1.97. The number of nitrogens with zero attached hydrogens (tertiary/aromatic N) is 3. The molecular formula is C13H12N4O3S. The van der Waals surface area contributed by atoms with Gasteiger partial charge in [-0.25, -0.2) is 9.97 Å². The molecule has 7 nitrogen and oxygen atoms in total. The Kier molecular flexibility index (Phi) is 4.83. The van der Waals surface area contributed by atoms with Crippen LogP contribution in [0.3, 0.4) is 0 Å². The number of nitro benzene ring substituents is 1. The van der Waals surface area contributed by atoms with E-state index in [1.165, 1.54) is 17.8 Å². The molecule has 0 fully saturated rings. The van der Waals surface area contributed by atoms with Crippen LogP contribution in [-0.4, -0.2) is 26.6 Å². The van der Waals surface area contributed by atoms with E-state index in [2.05, 4.69) is 15.3 Å². The number of thioether (sulfide) groups is 1. The summed E-state index contributed by atoms with van der Waals surface area (Å²) in [5.74, 6) is -0.142. The number of aryl methyl sites for hydroxylation is 1. The summed E-state index contributed by atoms with van der Waals surface area (Å²) >= 11 is 1.19. The second-order valence-corrected chi connectivity index (χ2v) is 5.07. The van der Waals surface area contributed by atoms with Gasteiger partial charge >= 0.3 is 0 Å². The third-order valence-electron chi connectivity index (χ3n) is 2.56. The van der Waals surface area contributed by atoms with E-state index >= 15 is 0 Å². The molecule has 0 atom stereocenters. The van der Waals surface area contributed by atoms with Crippen LogP contribution in [0.1, 0.15) is 5.56 Å². The Labute approximate surface area is 125 Å². The minimum Gasteiger partial charge on any atom is -0.325 e. The summed E-state index contributed by atoms with van der Waals surface area (Å²) < 4.78 is 0. The molecular weight excluding hydrogens is 292 g/mol. The van der Waals surface area contributed by atoms with Crippen molar-refractivity contribution in [3.63, 3.8) is 0 Å². The fourth-order valence-corrected chi connectivity index (χ4v) is 2.17. The van der Waals surface area contributed by atoms with Crippen molar-refractivity contribution in [1.82, 2.24) is 9.97 Å². The molecule has 1 heterocycles. The average molecular weight is 304 g/mol. The molecule has 108 valence electrons. The number of hydrogen-bond donors (Lipinski definition) is 1. The predicted octanol–water partition coefficient (Wildman–Crippen LogP) is 2.42. The molecule has 0 saturated heterocycles. The van der Waals surface area contributed by atoms with E-state index in [1.54, 1.807) is 37.5 Å². The lowest BCUT2D eigenvalue weighted by Gasteiger charge is -2.05. The van der Waals surface area contributed by atoms with Crippen molar-refractivity contribution in [3.8, 4) is 0 Å². The van der Waals surface area contributed by atoms with Crippen LogP contribution in [0.2, 0.25) is 0 Å². The SMILES string of the molecule is Cc1ccc(NC(=O)CSc2ncccn2)cc1[N+](=O)[O-]. The summed E-state index contributed by atoms with van der Waals surface area (Å²) in [7, 11) is 0. The Bertz CT molecular complexity index is 664. The number of nitrogens with one attached hydrogen (secondary N) is 1. The summed E-state index contributed by atoms with van der Waals surface area (Å²) in [6, 6.07) is 6.26. The topological polar surface area (TPSA) is 98.0 Å². The van der Waals surface area contributed by atoms with Crippen LogP contribution >= 0.6 is 11.8 Å². The standard InChI is InChI=1S/C13H12N4O3S/c1-9-3-4-10(7-11(9)17(19)20)16-12(18)8-21-13-14-5-2-6-15-13/h2-7H,8H2,1H3,(H,16,18). The van der Waals surface area contributed by atoms with Gasteiger partial charge in [0.1, 0.15) is 0 Å². The molecule has 0 bridgehead atoms. The van der Waals surface area contributed by atoms with Crippen molar-refractivity contribution >= 4 is 29.0 Å². The first kappa shape index (κ1) is 14.9. The van der Waals surface area contributed by atoms with Crippen LogP contribution in [0.15, 0.2) is 41.8 Å². The van der Waals surface area contributed by atoms with E-state index in [0.29, 0.717) is 16.4 Å². The number of carbonyl (C=O) groups is 1. The van der Waals surface area contributed by atoms with Crippen LogP contribution < -0.4 is 5.32 Å². The summed E-state index contributed by atoms with van der Waals surface area (Å²) in [5.41, 5.74) is 0.920. The molecule has 0 saturated carbocycles. The molecule has 1 N–H and O–H groups in total. The van der Waals surface area contributed by atoms with Crippen molar-refractivity contribution in [2.24, 2.45) is 0 Å². The second-order valence-electron chi connectivity index (χ2n) is 4.13. The molecule has 21 heavy (non-hydrogen) atoms. The third-order valence-corrected chi connectivity index (χ3v) is 3.44.